The fourth-order valence-electron chi connectivity index (χ4n) is 3.42. The molecule has 0 bridgehead atoms. The molecule has 3 aromatic heterocycles. The Balaban J connectivity index is 1.28. The van der Waals surface area contributed by atoms with E-state index in [1.807, 2.05) is 18.3 Å². The number of anilines is 1. The summed E-state index contributed by atoms with van der Waals surface area (Å²) >= 11 is 0. The van der Waals surface area contributed by atoms with Crippen molar-refractivity contribution in [3.63, 3.8) is 0 Å². The van der Waals surface area contributed by atoms with Crippen LogP contribution >= 0.6 is 0 Å². The van der Waals surface area contributed by atoms with E-state index in [4.69, 9.17) is 0 Å². The van der Waals surface area contributed by atoms with Crippen molar-refractivity contribution in [2.75, 3.05) is 25.0 Å². The number of carbonyl (C=O) groups is 1. The summed E-state index contributed by atoms with van der Waals surface area (Å²) in [5.41, 5.74) is 2.07. The Labute approximate surface area is 180 Å². The molecule has 0 atom stereocenters. The van der Waals surface area contributed by atoms with Crippen LogP contribution in [0.4, 0.5) is 5.82 Å². The van der Waals surface area contributed by atoms with E-state index < -0.39 is 0 Å². The van der Waals surface area contributed by atoms with E-state index in [2.05, 4.69) is 30.9 Å². The summed E-state index contributed by atoms with van der Waals surface area (Å²) in [6.45, 7) is 4.67. The highest BCUT2D eigenvalue weighted by Crippen LogP contribution is 2.27. The van der Waals surface area contributed by atoms with Crippen LogP contribution in [-0.4, -0.2) is 45.1 Å². The van der Waals surface area contributed by atoms with Gasteiger partial charge >= 0.3 is 0 Å². The predicted octanol–water partition coefficient (Wildman–Crippen LogP) is 1.55. The Morgan fingerprint density at radius 3 is 2.97 bits per heavy atom. The molecule has 4 N–H and O–H groups in total. The number of hydrogen-bond donors (Lipinski definition) is 4. The second kappa shape index (κ2) is 9.74. The average molecular weight is 424 g/mol. The van der Waals surface area contributed by atoms with E-state index in [0.717, 1.165) is 42.0 Å². The lowest BCUT2D eigenvalue weighted by Crippen LogP contribution is -2.34. The molecule has 3 heterocycles. The molecule has 1 fully saturated rings. The Bertz CT molecular complexity index is 1100. The molecule has 0 radical (unpaired) electrons. The zero-order valence-corrected chi connectivity index (χ0v) is 17.8. The fraction of sp³-hybridized carbons (Fsp3) is 0.455. The Kier molecular flexibility index (Phi) is 6.61. The van der Waals surface area contributed by atoms with E-state index in [1.165, 1.54) is 17.4 Å². The van der Waals surface area contributed by atoms with Crippen molar-refractivity contribution in [1.82, 2.24) is 30.2 Å². The highest BCUT2D eigenvalue weighted by atomic mass is 16.2. The zero-order valence-electron chi connectivity index (χ0n) is 17.8. The van der Waals surface area contributed by atoms with Crippen molar-refractivity contribution in [2.45, 2.75) is 39.3 Å². The number of nitrogens with zero attached hydrogens (tertiary/aromatic N) is 3. The zero-order chi connectivity index (χ0) is 21.6. The summed E-state index contributed by atoms with van der Waals surface area (Å²) in [5, 5.41) is 10.4. The van der Waals surface area contributed by atoms with Gasteiger partial charge in [0, 0.05) is 30.0 Å². The number of rotatable bonds is 11. The molecule has 1 saturated carbocycles. The fourth-order valence-corrected chi connectivity index (χ4v) is 3.42. The first-order valence-electron chi connectivity index (χ1n) is 10.8. The van der Waals surface area contributed by atoms with Gasteiger partial charge in [0.1, 0.15) is 6.54 Å². The molecule has 164 valence electrons. The first-order chi connectivity index (χ1) is 15.1. The molecule has 0 spiro atoms. The minimum atomic E-state index is -0.284. The maximum atomic E-state index is 12.8. The van der Waals surface area contributed by atoms with Crippen molar-refractivity contribution in [1.29, 1.82) is 0 Å². The van der Waals surface area contributed by atoms with Gasteiger partial charge in [0.15, 0.2) is 5.82 Å². The van der Waals surface area contributed by atoms with Crippen molar-refractivity contribution in [3.8, 4) is 0 Å². The van der Waals surface area contributed by atoms with Gasteiger partial charge in [0.2, 0.25) is 5.91 Å². The molecule has 0 saturated heterocycles. The van der Waals surface area contributed by atoms with Crippen LogP contribution in [0.3, 0.4) is 0 Å². The van der Waals surface area contributed by atoms with Crippen LogP contribution < -0.4 is 21.5 Å². The molecule has 0 aliphatic heterocycles. The first-order valence-corrected chi connectivity index (χ1v) is 10.8. The number of nitrogens with one attached hydrogen (secondary N) is 4. The minimum Gasteiger partial charge on any atom is -0.365 e. The third-order valence-electron chi connectivity index (χ3n) is 5.47. The van der Waals surface area contributed by atoms with E-state index in [0.29, 0.717) is 18.8 Å². The molecule has 3 aromatic rings. The van der Waals surface area contributed by atoms with E-state index in [9.17, 15) is 9.59 Å². The molecule has 4 rings (SSSR count). The van der Waals surface area contributed by atoms with Crippen LogP contribution in [0.2, 0.25) is 0 Å². The van der Waals surface area contributed by atoms with Crippen LogP contribution in [0.5, 0.6) is 0 Å². The lowest BCUT2D eigenvalue weighted by atomic mass is 10.2. The highest BCUT2D eigenvalue weighted by Gasteiger charge is 2.19. The van der Waals surface area contributed by atoms with Crippen molar-refractivity contribution >= 4 is 22.6 Å². The number of aromatic amines is 1. The van der Waals surface area contributed by atoms with Gasteiger partial charge in [0.05, 0.1) is 24.0 Å². The standard InChI is InChI=1S/C22H29N7O2/c1-15-10-28-21(25-7-2-6-23-11-16-3-4-16)22(31)29(15)14-20(30)27-12-18-9-17-5-8-24-19(17)13-26-18/h5,8-10,13,16,23-24H,2-4,6-7,11-12,14H2,1H3,(H,25,28)(H,27,30). The molecule has 31 heavy (non-hydrogen) atoms. The van der Waals surface area contributed by atoms with Gasteiger partial charge in [-0.05, 0) is 57.3 Å². The van der Waals surface area contributed by atoms with Gasteiger partial charge in [-0.3, -0.25) is 19.1 Å². The number of pyridine rings is 1. The molecule has 0 aromatic carbocycles. The molecule has 0 unspecified atom stereocenters. The van der Waals surface area contributed by atoms with Gasteiger partial charge in [0.25, 0.3) is 5.56 Å². The third kappa shape index (κ3) is 5.69. The van der Waals surface area contributed by atoms with Crippen LogP contribution in [0, 0.1) is 12.8 Å². The largest absolute Gasteiger partial charge is 0.365 e. The van der Waals surface area contributed by atoms with Crippen LogP contribution in [0.25, 0.3) is 10.9 Å². The van der Waals surface area contributed by atoms with Crippen molar-refractivity contribution < 1.29 is 4.79 Å². The maximum Gasteiger partial charge on any atom is 0.293 e. The predicted molar refractivity (Wildman–Crippen MR) is 120 cm³/mol. The summed E-state index contributed by atoms with van der Waals surface area (Å²) in [6, 6.07) is 3.89. The van der Waals surface area contributed by atoms with Crippen LogP contribution in [-0.2, 0) is 17.9 Å². The van der Waals surface area contributed by atoms with Gasteiger partial charge < -0.3 is 20.9 Å². The Hall–Kier alpha value is -3.20. The smallest absolute Gasteiger partial charge is 0.293 e. The molecule has 1 aliphatic rings. The number of fused-ring (bicyclic) bond motifs is 1. The summed E-state index contributed by atoms with van der Waals surface area (Å²) < 4.78 is 1.44. The lowest BCUT2D eigenvalue weighted by Gasteiger charge is -2.12. The summed E-state index contributed by atoms with van der Waals surface area (Å²) in [5.74, 6) is 0.889. The number of H-pyrrole nitrogens is 1. The molecule has 1 amide bonds. The highest BCUT2D eigenvalue weighted by molar-refractivity contribution is 5.79. The summed E-state index contributed by atoms with van der Waals surface area (Å²) in [6.07, 6.45) is 8.79. The summed E-state index contributed by atoms with van der Waals surface area (Å²) in [4.78, 5) is 36.8. The second-order valence-electron chi connectivity index (χ2n) is 8.08. The number of amides is 1. The molecular weight excluding hydrogens is 394 g/mol. The second-order valence-corrected chi connectivity index (χ2v) is 8.08. The number of hydrogen-bond acceptors (Lipinski definition) is 6. The van der Waals surface area contributed by atoms with E-state index >= 15 is 0 Å². The number of aromatic nitrogens is 4. The Morgan fingerprint density at radius 2 is 2.13 bits per heavy atom. The van der Waals surface area contributed by atoms with Gasteiger partial charge in [-0.15, -0.1) is 0 Å². The first kappa shape index (κ1) is 21.0. The molecule has 1 aliphatic carbocycles. The van der Waals surface area contributed by atoms with Gasteiger partial charge in [-0.2, -0.15) is 0 Å². The SMILES string of the molecule is Cc1cnc(NCCCNCC2CC2)c(=O)n1CC(=O)NCc1cc2cc[nH]c2cn1. The molecular formula is C22H29N7O2. The quantitative estimate of drug-likeness (QED) is 0.348. The number of carbonyl (C=O) groups excluding carboxylic acids is 1. The van der Waals surface area contributed by atoms with E-state index in [1.54, 1.807) is 19.3 Å². The molecule has 9 heteroatoms. The maximum absolute atomic E-state index is 12.8. The van der Waals surface area contributed by atoms with Crippen LogP contribution in [0.1, 0.15) is 30.7 Å². The van der Waals surface area contributed by atoms with Gasteiger partial charge in [-0.1, -0.05) is 0 Å². The molecule has 9 nitrogen and oxygen atoms in total. The third-order valence-corrected chi connectivity index (χ3v) is 5.47. The lowest BCUT2D eigenvalue weighted by molar-refractivity contribution is -0.121. The van der Waals surface area contributed by atoms with Gasteiger partial charge in [-0.25, -0.2) is 4.98 Å². The number of aryl methyl sites for hydroxylation is 1. The minimum absolute atomic E-state index is 0.0583. The topological polar surface area (TPSA) is 117 Å². The van der Waals surface area contributed by atoms with Crippen molar-refractivity contribution in [2.24, 2.45) is 5.92 Å². The summed E-state index contributed by atoms with van der Waals surface area (Å²) in [7, 11) is 0. The van der Waals surface area contributed by atoms with Crippen molar-refractivity contribution in [3.05, 3.63) is 52.5 Å². The van der Waals surface area contributed by atoms with Crippen LogP contribution in [0.15, 0.2) is 35.5 Å². The monoisotopic (exact) mass is 423 g/mol. The Morgan fingerprint density at radius 1 is 1.26 bits per heavy atom. The average Bonchev–Trinajstić information content (AvgIpc) is 3.47. The van der Waals surface area contributed by atoms with E-state index in [-0.39, 0.29) is 23.8 Å². The normalized spacial score (nSPS) is 13.5.